The van der Waals surface area contributed by atoms with Crippen molar-refractivity contribution >= 4 is 0 Å². The van der Waals surface area contributed by atoms with Gasteiger partial charge in [0.1, 0.15) is 0 Å². The molecule has 1 fully saturated rings. The number of nitrogens with one attached hydrogen (secondary N) is 1. The fourth-order valence-corrected chi connectivity index (χ4v) is 2.56. The van der Waals surface area contributed by atoms with Crippen molar-refractivity contribution in [3.05, 3.63) is 24.0 Å². The third-order valence-corrected chi connectivity index (χ3v) is 3.56. The molecule has 1 atom stereocenters. The first kappa shape index (κ1) is 14.4. The van der Waals surface area contributed by atoms with Crippen molar-refractivity contribution in [2.24, 2.45) is 13.0 Å². The van der Waals surface area contributed by atoms with Crippen molar-refractivity contribution in [1.29, 1.82) is 0 Å². The van der Waals surface area contributed by atoms with E-state index in [0.717, 1.165) is 19.5 Å². The highest BCUT2D eigenvalue weighted by Crippen LogP contribution is 2.22. The maximum absolute atomic E-state index is 12.3. The number of aryl methyl sites for hydroxylation is 1. The van der Waals surface area contributed by atoms with Gasteiger partial charge >= 0.3 is 6.18 Å². The van der Waals surface area contributed by atoms with Gasteiger partial charge in [-0.1, -0.05) is 0 Å². The van der Waals surface area contributed by atoms with Crippen LogP contribution in [0, 0.1) is 5.92 Å². The lowest BCUT2D eigenvalue weighted by atomic mass is 10.1. The van der Waals surface area contributed by atoms with Crippen LogP contribution in [0.1, 0.15) is 12.1 Å². The first-order valence-corrected chi connectivity index (χ1v) is 6.54. The molecule has 19 heavy (non-hydrogen) atoms. The van der Waals surface area contributed by atoms with Crippen LogP contribution in [0.25, 0.3) is 0 Å². The van der Waals surface area contributed by atoms with E-state index in [2.05, 4.69) is 5.32 Å². The highest BCUT2D eigenvalue weighted by molar-refractivity contribution is 5.05. The van der Waals surface area contributed by atoms with Gasteiger partial charge in [0.05, 0.1) is 6.54 Å². The van der Waals surface area contributed by atoms with Gasteiger partial charge in [-0.2, -0.15) is 13.2 Å². The van der Waals surface area contributed by atoms with Gasteiger partial charge in [0.15, 0.2) is 0 Å². The van der Waals surface area contributed by atoms with E-state index in [9.17, 15) is 13.2 Å². The van der Waals surface area contributed by atoms with Gasteiger partial charge in [0.25, 0.3) is 0 Å². The number of hydrogen-bond donors (Lipinski definition) is 1. The summed E-state index contributed by atoms with van der Waals surface area (Å²) in [4.78, 5) is 1.49. The van der Waals surface area contributed by atoms with E-state index in [1.807, 2.05) is 29.9 Å². The molecule has 1 aromatic rings. The average Bonchev–Trinajstić information content (AvgIpc) is 2.87. The minimum absolute atomic E-state index is 0.322. The van der Waals surface area contributed by atoms with Gasteiger partial charge in [-0.05, 0) is 37.6 Å². The molecule has 0 amide bonds. The maximum Gasteiger partial charge on any atom is 0.401 e. The molecule has 3 nitrogen and oxygen atoms in total. The molecule has 0 bridgehead atoms. The number of rotatable bonds is 5. The highest BCUT2D eigenvalue weighted by Gasteiger charge is 2.34. The molecule has 1 aliphatic heterocycles. The predicted molar refractivity (Wildman–Crippen MR) is 67.7 cm³/mol. The summed E-state index contributed by atoms with van der Waals surface area (Å²) in [7, 11) is 1.98. The molecule has 1 N–H and O–H groups in total. The normalized spacial score (nSPS) is 21.2. The summed E-state index contributed by atoms with van der Waals surface area (Å²) in [5, 5.41) is 3.33. The van der Waals surface area contributed by atoms with E-state index in [-0.39, 0.29) is 0 Å². The van der Waals surface area contributed by atoms with Crippen LogP contribution in [0.3, 0.4) is 0 Å². The minimum Gasteiger partial charge on any atom is -0.353 e. The first-order valence-electron chi connectivity index (χ1n) is 6.54. The molecular weight excluding hydrogens is 255 g/mol. The Balaban J connectivity index is 1.67. The van der Waals surface area contributed by atoms with Crippen LogP contribution in [0.5, 0.6) is 0 Å². The van der Waals surface area contributed by atoms with Crippen LogP contribution in [0.15, 0.2) is 18.3 Å². The standard InChI is InChI=1S/C13H20F3N3/c1-18-5-2-3-12(18)8-17-7-11-4-6-19(9-11)10-13(14,15)16/h2-3,5,11,17H,4,6-10H2,1H3/t11-/m0/s1. The molecule has 0 radical (unpaired) electrons. The summed E-state index contributed by atoms with van der Waals surface area (Å²) in [6.45, 7) is 1.86. The molecular formula is C13H20F3N3. The molecule has 108 valence electrons. The van der Waals surface area contributed by atoms with Gasteiger partial charge in [-0.25, -0.2) is 0 Å². The SMILES string of the molecule is Cn1cccc1CNC[C@@H]1CCN(CC(F)(F)F)C1. The second-order valence-electron chi connectivity index (χ2n) is 5.25. The van der Waals surface area contributed by atoms with E-state index in [0.29, 0.717) is 19.0 Å². The van der Waals surface area contributed by atoms with Crippen molar-refractivity contribution in [2.45, 2.75) is 19.1 Å². The van der Waals surface area contributed by atoms with Crippen LogP contribution >= 0.6 is 0 Å². The smallest absolute Gasteiger partial charge is 0.353 e. The third kappa shape index (κ3) is 4.54. The summed E-state index contributed by atoms with van der Waals surface area (Å²) >= 11 is 0. The fraction of sp³-hybridized carbons (Fsp3) is 0.692. The van der Waals surface area contributed by atoms with Gasteiger partial charge in [-0.3, -0.25) is 4.90 Å². The number of aromatic nitrogens is 1. The van der Waals surface area contributed by atoms with Crippen LogP contribution in [0.2, 0.25) is 0 Å². The quantitative estimate of drug-likeness (QED) is 0.887. The maximum atomic E-state index is 12.3. The molecule has 2 heterocycles. The zero-order valence-corrected chi connectivity index (χ0v) is 11.1. The monoisotopic (exact) mass is 275 g/mol. The highest BCUT2D eigenvalue weighted by atomic mass is 19.4. The second kappa shape index (κ2) is 5.96. The Morgan fingerprint density at radius 3 is 2.84 bits per heavy atom. The molecule has 2 rings (SSSR count). The Bertz CT molecular complexity index is 400. The largest absolute Gasteiger partial charge is 0.401 e. The lowest BCUT2D eigenvalue weighted by Crippen LogP contribution is -2.33. The number of alkyl halides is 3. The molecule has 0 aromatic carbocycles. The third-order valence-electron chi connectivity index (χ3n) is 3.56. The van der Waals surface area contributed by atoms with E-state index >= 15 is 0 Å². The first-order chi connectivity index (χ1) is 8.94. The zero-order valence-electron chi connectivity index (χ0n) is 11.1. The second-order valence-corrected chi connectivity index (χ2v) is 5.25. The van der Waals surface area contributed by atoms with Crippen molar-refractivity contribution in [1.82, 2.24) is 14.8 Å². The summed E-state index contributed by atoms with van der Waals surface area (Å²) in [6, 6.07) is 4.02. The Labute approximate surface area is 111 Å². The number of likely N-dealkylation sites (tertiary alicyclic amines) is 1. The lowest BCUT2D eigenvalue weighted by Gasteiger charge is -2.18. The van der Waals surface area contributed by atoms with Crippen molar-refractivity contribution < 1.29 is 13.2 Å². The van der Waals surface area contributed by atoms with Crippen LogP contribution in [-0.4, -0.2) is 41.8 Å². The van der Waals surface area contributed by atoms with Crippen molar-refractivity contribution in [3.8, 4) is 0 Å². The topological polar surface area (TPSA) is 20.2 Å². The molecule has 0 saturated carbocycles. The van der Waals surface area contributed by atoms with Crippen LogP contribution in [0.4, 0.5) is 13.2 Å². The Morgan fingerprint density at radius 2 is 2.21 bits per heavy atom. The van der Waals surface area contributed by atoms with Crippen LogP contribution in [-0.2, 0) is 13.6 Å². The molecule has 0 spiro atoms. The molecule has 0 aliphatic carbocycles. The van der Waals surface area contributed by atoms with E-state index in [1.165, 1.54) is 10.6 Å². The zero-order chi connectivity index (χ0) is 13.9. The Kier molecular flexibility index (Phi) is 4.52. The minimum atomic E-state index is -4.08. The molecule has 1 aliphatic rings. The van der Waals surface area contributed by atoms with Gasteiger partial charge in [0.2, 0.25) is 0 Å². The summed E-state index contributed by atoms with van der Waals surface area (Å²) in [6.07, 6.45) is -1.25. The molecule has 1 saturated heterocycles. The summed E-state index contributed by atoms with van der Waals surface area (Å²) in [5.41, 5.74) is 1.19. The molecule has 0 unspecified atom stereocenters. The van der Waals surface area contributed by atoms with E-state index < -0.39 is 12.7 Å². The number of hydrogen-bond acceptors (Lipinski definition) is 2. The van der Waals surface area contributed by atoms with E-state index in [1.54, 1.807) is 0 Å². The summed E-state index contributed by atoms with van der Waals surface area (Å²) < 4.78 is 38.8. The average molecular weight is 275 g/mol. The number of halogens is 3. The van der Waals surface area contributed by atoms with Crippen LogP contribution < -0.4 is 5.32 Å². The summed E-state index contributed by atoms with van der Waals surface area (Å²) in [5.74, 6) is 0.322. The lowest BCUT2D eigenvalue weighted by molar-refractivity contribution is -0.143. The van der Waals surface area contributed by atoms with Gasteiger partial charge in [-0.15, -0.1) is 0 Å². The number of nitrogens with zero attached hydrogens (tertiary/aromatic N) is 2. The van der Waals surface area contributed by atoms with Crippen molar-refractivity contribution in [3.63, 3.8) is 0 Å². The van der Waals surface area contributed by atoms with E-state index in [4.69, 9.17) is 0 Å². The predicted octanol–water partition coefficient (Wildman–Crippen LogP) is 2.00. The van der Waals surface area contributed by atoms with Crippen molar-refractivity contribution in [2.75, 3.05) is 26.2 Å². The molecule has 6 heteroatoms. The van der Waals surface area contributed by atoms with Gasteiger partial charge in [0, 0.05) is 32.0 Å². The fourth-order valence-electron chi connectivity index (χ4n) is 2.56. The Morgan fingerprint density at radius 1 is 1.42 bits per heavy atom. The van der Waals surface area contributed by atoms with Gasteiger partial charge < -0.3 is 9.88 Å². The molecule has 1 aromatic heterocycles. The Hall–Kier alpha value is -1.01.